The summed E-state index contributed by atoms with van der Waals surface area (Å²) < 4.78 is 2.13. The van der Waals surface area contributed by atoms with Crippen LogP contribution in [-0.4, -0.2) is 21.1 Å². The van der Waals surface area contributed by atoms with E-state index in [-0.39, 0.29) is 0 Å². The van der Waals surface area contributed by atoms with Crippen molar-refractivity contribution in [1.82, 2.24) is 14.9 Å². The lowest BCUT2D eigenvalue weighted by Crippen LogP contribution is -2.50. The Balaban J connectivity index is 1.68. The lowest BCUT2D eigenvalue weighted by Gasteiger charge is -2.29. The van der Waals surface area contributed by atoms with Gasteiger partial charge in [0, 0.05) is 6.04 Å². The van der Waals surface area contributed by atoms with Crippen LogP contribution in [0.1, 0.15) is 25.7 Å². The lowest BCUT2D eigenvalue weighted by atomic mass is 9.94. The summed E-state index contributed by atoms with van der Waals surface area (Å²) in [5.41, 5.74) is 1.71. The van der Waals surface area contributed by atoms with Gasteiger partial charge in [-0.05, 0) is 43.7 Å². The molecule has 2 aliphatic rings. The molecule has 2 fully saturated rings. The number of nitriles is 1. The average Bonchev–Trinajstić information content (AvgIpc) is 3.38. The number of nitrogens with zero attached hydrogens (tertiary/aromatic N) is 3. The van der Waals surface area contributed by atoms with Crippen molar-refractivity contribution >= 4 is 11.0 Å². The monoisotopic (exact) mass is 266 g/mol. The van der Waals surface area contributed by atoms with Gasteiger partial charge in [-0.3, -0.25) is 5.32 Å². The van der Waals surface area contributed by atoms with Gasteiger partial charge in [0.15, 0.2) is 0 Å². The molecule has 4 rings (SSSR count). The first-order valence-corrected chi connectivity index (χ1v) is 7.39. The molecule has 1 atom stereocenters. The summed E-state index contributed by atoms with van der Waals surface area (Å²) in [5.74, 6) is 0.495. The molecule has 102 valence electrons. The van der Waals surface area contributed by atoms with Crippen molar-refractivity contribution in [3.63, 3.8) is 0 Å². The summed E-state index contributed by atoms with van der Waals surface area (Å²) in [5, 5.41) is 13.4. The molecule has 1 heterocycles. The van der Waals surface area contributed by atoms with Gasteiger partial charge in [0.2, 0.25) is 0 Å². The van der Waals surface area contributed by atoms with Crippen LogP contribution in [0.2, 0.25) is 0 Å². The first-order valence-electron chi connectivity index (χ1n) is 7.39. The van der Waals surface area contributed by atoms with Crippen LogP contribution in [0.4, 0.5) is 0 Å². The Morgan fingerprint density at radius 3 is 2.80 bits per heavy atom. The number of hydrogen-bond donors (Lipinski definition) is 1. The van der Waals surface area contributed by atoms with Crippen LogP contribution >= 0.6 is 0 Å². The highest BCUT2D eigenvalue weighted by molar-refractivity contribution is 5.75. The number of para-hydroxylation sites is 2. The van der Waals surface area contributed by atoms with Crippen LogP contribution in [0, 0.1) is 17.2 Å². The number of benzene rings is 1. The molecule has 1 N–H and O–H groups in total. The molecule has 1 unspecified atom stereocenters. The molecular weight excluding hydrogens is 248 g/mol. The molecule has 4 nitrogen and oxygen atoms in total. The third kappa shape index (κ3) is 1.99. The minimum atomic E-state index is -0.412. The van der Waals surface area contributed by atoms with Crippen molar-refractivity contribution in [3.8, 4) is 6.07 Å². The van der Waals surface area contributed by atoms with E-state index in [4.69, 9.17) is 0 Å². The molecule has 4 heteroatoms. The number of imidazole rings is 1. The van der Waals surface area contributed by atoms with E-state index in [0.29, 0.717) is 18.5 Å². The Morgan fingerprint density at radius 2 is 2.10 bits per heavy atom. The quantitative estimate of drug-likeness (QED) is 0.904. The van der Waals surface area contributed by atoms with E-state index < -0.39 is 5.54 Å². The van der Waals surface area contributed by atoms with E-state index in [1.54, 1.807) is 0 Å². The SMILES string of the molecule is N#CC(Cn1cnc2ccccc21)(NC1CC1)C1CC1. The van der Waals surface area contributed by atoms with Crippen LogP contribution in [0.5, 0.6) is 0 Å². The van der Waals surface area contributed by atoms with Crippen molar-refractivity contribution in [2.45, 2.75) is 43.8 Å². The number of aromatic nitrogens is 2. The van der Waals surface area contributed by atoms with E-state index in [2.05, 4.69) is 27.0 Å². The molecule has 20 heavy (non-hydrogen) atoms. The largest absolute Gasteiger partial charge is 0.328 e. The highest BCUT2D eigenvalue weighted by atomic mass is 15.1. The van der Waals surface area contributed by atoms with Crippen molar-refractivity contribution in [2.75, 3.05) is 0 Å². The van der Waals surface area contributed by atoms with Crippen molar-refractivity contribution in [1.29, 1.82) is 5.26 Å². The average molecular weight is 266 g/mol. The molecule has 2 aliphatic carbocycles. The first-order chi connectivity index (χ1) is 9.81. The molecule has 0 spiro atoms. The highest BCUT2D eigenvalue weighted by Gasteiger charge is 2.48. The van der Waals surface area contributed by atoms with Crippen LogP contribution in [0.25, 0.3) is 11.0 Å². The molecular formula is C16H18N4. The molecule has 2 aromatic rings. The number of rotatable bonds is 5. The smallest absolute Gasteiger partial charge is 0.127 e. The second-order valence-corrected chi connectivity index (χ2v) is 6.14. The maximum atomic E-state index is 9.79. The van der Waals surface area contributed by atoms with Crippen molar-refractivity contribution in [3.05, 3.63) is 30.6 Å². The zero-order valence-electron chi connectivity index (χ0n) is 11.4. The Hall–Kier alpha value is -1.86. The van der Waals surface area contributed by atoms with Gasteiger partial charge in [-0.2, -0.15) is 5.26 Å². The Labute approximate surface area is 118 Å². The second kappa shape index (κ2) is 4.32. The van der Waals surface area contributed by atoms with Crippen LogP contribution in [0.15, 0.2) is 30.6 Å². The summed E-state index contributed by atoms with van der Waals surface area (Å²) in [6, 6.07) is 11.3. The summed E-state index contributed by atoms with van der Waals surface area (Å²) in [6.07, 6.45) is 6.62. The molecule has 1 aromatic carbocycles. The molecule has 0 radical (unpaired) electrons. The molecule has 0 bridgehead atoms. The lowest BCUT2D eigenvalue weighted by molar-refractivity contribution is 0.318. The van der Waals surface area contributed by atoms with Crippen LogP contribution in [-0.2, 0) is 6.54 Å². The Morgan fingerprint density at radius 1 is 1.30 bits per heavy atom. The summed E-state index contributed by atoms with van der Waals surface area (Å²) in [7, 11) is 0. The number of fused-ring (bicyclic) bond motifs is 1. The summed E-state index contributed by atoms with van der Waals surface area (Å²) >= 11 is 0. The third-order valence-corrected chi connectivity index (χ3v) is 4.46. The van der Waals surface area contributed by atoms with E-state index in [1.807, 2.05) is 24.5 Å². The fourth-order valence-corrected chi connectivity index (χ4v) is 3.02. The topological polar surface area (TPSA) is 53.6 Å². The molecule has 0 amide bonds. The molecule has 2 saturated carbocycles. The maximum Gasteiger partial charge on any atom is 0.127 e. The third-order valence-electron chi connectivity index (χ3n) is 4.46. The van der Waals surface area contributed by atoms with Crippen LogP contribution < -0.4 is 5.32 Å². The minimum Gasteiger partial charge on any atom is -0.328 e. The van der Waals surface area contributed by atoms with Gasteiger partial charge >= 0.3 is 0 Å². The Kier molecular flexibility index (Phi) is 2.58. The fraction of sp³-hybridized carbons (Fsp3) is 0.500. The number of hydrogen-bond acceptors (Lipinski definition) is 3. The van der Waals surface area contributed by atoms with E-state index in [0.717, 1.165) is 11.0 Å². The van der Waals surface area contributed by atoms with Crippen molar-refractivity contribution < 1.29 is 0 Å². The maximum absolute atomic E-state index is 9.79. The van der Waals surface area contributed by atoms with Crippen LogP contribution in [0.3, 0.4) is 0 Å². The van der Waals surface area contributed by atoms with Gasteiger partial charge in [0.05, 0.1) is 30.0 Å². The second-order valence-electron chi connectivity index (χ2n) is 6.14. The predicted octanol–water partition coefficient (Wildman–Crippen LogP) is 2.46. The van der Waals surface area contributed by atoms with Gasteiger partial charge in [-0.15, -0.1) is 0 Å². The van der Waals surface area contributed by atoms with Gasteiger partial charge in [0.25, 0.3) is 0 Å². The first kappa shape index (κ1) is 11.9. The highest BCUT2D eigenvalue weighted by Crippen LogP contribution is 2.42. The zero-order chi connectivity index (χ0) is 13.6. The molecule has 0 aliphatic heterocycles. The zero-order valence-corrected chi connectivity index (χ0v) is 11.4. The summed E-state index contributed by atoms with van der Waals surface area (Å²) in [6.45, 7) is 0.700. The predicted molar refractivity (Wildman–Crippen MR) is 77.0 cm³/mol. The normalized spacial score (nSPS) is 21.6. The van der Waals surface area contributed by atoms with Crippen molar-refractivity contribution in [2.24, 2.45) is 5.92 Å². The van der Waals surface area contributed by atoms with E-state index >= 15 is 0 Å². The fourth-order valence-electron chi connectivity index (χ4n) is 3.02. The Bertz CT molecular complexity index is 675. The summed E-state index contributed by atoms with van der Waals surface area (Å²) in [4.78, 5) is 4.44. The van der Waals surface area contributed by atoms with E-state index in [1.165, 1.54) is 25.7 Å². The molecule has 0 saturated heterocycles. The number of nitrogens with one attached hydrogen (secondary N) is 1. The van der Waals surface area contributed by atoms with E-state index in [9.17, 15) is 5.26 Å². The van der Waals surface area contributed by atoms with Gasteiger partial charge in [-0.1, -0.05) is 12.1 Å². The van der Waals surface area contributed by atoms with Gasteiger partial charge in [-0.25, -0.2) is 4.98 Å². The van der Waals surface area contributed by atoms with Gasteiger partial charge < -0.3 is 4.57 Å². The van der Waals surface area contributed by atoms with Gasteiger partial charge in [0.1, 0.15) is 5.54 Å². The standard InChI is InChI=1S/C16H18N4/c17-9-16(12-5-6-12,19-13-7-8-13)10-20-11-18-14-3-1-2-4-15(14)20/h1-4,11-13,19H,5-8,10H2. The molecule has 1 aromatic heterocycles. The minimum absolute atomic E-state index is 0.412.